The molecule has 0 aliphatic rings. The highest BCUT2D eigenvalue weighted by Crippen LogP contribution is 2.22. The summed E-state index contributed by atoms with van der Waals surface area (Å²) in [7, 11) is 1.34. The first kappa shape index (κ1) is 20.7. The fraction of sp³-hybridized carbons (Fsp3) is 0.391. The molecule has 4 nitrogen and oxygen atoms in total. The van der Waals surface area contributed by atoms with Crippen molar-refractivity contribution in [1.82, 2.24) is 5.32 Å². The molecule has 0 heterocycles. The Labute approximate surface area is 161 Å². The Hall–Kier alpha value is -2.62. The monoisotopic (exact) mass is 367 g/mol. The van der Waals surface area contributed by atoms with Crippen LogP contribution in [0.25, 0.3) is 0 Å². The van der Waals surface area contributed by atoms with E-state index in [1.807, 2.05) is 42.5 Å². The van der Waals surface area contributed by atoms with E-state index in [9.17, 15) is 9.59 Å². The maximum absolute atomic E-state index is 12.3. The fourth-order valence-corrected chi connectivity index (χ4v) is 2.88. The molecule has 2 aromatic rings. The molecule has 0 saturated heterocycles. The minimum Gasteiger partial charge on any atom is -0.467 e. The van der Waals surface area contributed by atoms with Crippen LogP contribution in [-0.2, 0) is 32.6 Å². The predicted molar refractivity (Wildman–Crippen MR) is 108 cm³/mol. The topological polar surface area (TPSA) is 55.4 Å². The first-order valence-electron chi connectivity index (χ1n) is 9.30. The maximum atomic E-state index is 12.3. The number of esters is 1. The van der Waals surface area contributed by atoms with E-state index in [1.165, 1.54) is 12.7 Å². The second-order valence-corrected chi connectivity index (χ2v) is 7.78. The first-order chi connectivity index (χ1) is 12.8. The number of benzene rings is 2. The van der Waals surface area contributed by atoms with Crippen LogP contribution < -0.4 is 5.32 Å². The standard InChI is InChI=1S/C23H29NO3/c1-23(2,3)19-13-10-18(11-14-19)16-20(22(26)27-4)24-21(25)15-12-17-8-6-5-7-9-17/h5-11,13-14,20H,12,15-16H2,1-4H3,(H,24,25)/t20-/m1/s1. The molecule has 1 atom stereocenters. The van der Waals surface area contributed by atoms with Gasteiger partial charge in [-0.2, -0.15) is 0 Å². The van der Waals surface area contributed by atoms with E-state index in [0.29, 0.717) is 19.3 Å². The van der Waals surface area contributed by atoms with Gasteiger partial charge in [0.2, 0.25) is 5.91 Å². The molecule has 0 unspecified atom stereocenters. The molecule has 2 rings (SSSR count). The third kappa shape index (κ3) is 6.55. The Morgan fingerprint density at radius 2 is 1.59 bits per heavy atom. The van der Waals surface area contributed by atoms with Crippen LogP contribution in [0.2, 0.25) is 0 Å². The van der Waals surface area contributed by atoms with E-state index in [2.05, 4.69) is 38.2 Å². The van der Waals surface area contributed by atoms with Crippen molar-refractivity contribution >= 4 is 11.9 Å². The quantitative estimate of drug-likeness (QED) is 0.757. The number of carbonyl (C=O) groups is 2. The third-order valence-electron chi connectivity index (χ3n) is 4.56. The Kier molecular flexibility index (Phi) is 7.17. The van der Waals surface area contributed by atoms with E-state index >= 15 is 0 Å². The van der Waals surface area contributed by atoms with Gasteiger partial charge >= 0.3 is 5.97 Å². The molecule has 0 aliphatic heterocycles. The van der Waals surface area contributed by atoms with Gasteiger partial charge in [0, 0.05) is 12.8 Å². The first-order valence-corrected chi connectivity index (χ1v) is 9.30. The molecule has 0 fully saturated rings. The molecular formula is C23H29NO3. The molecule has 2 aromatic carbocycles. The molecule has 0 radical (unpaired) electrons. The molecule has 0 aliphatic carbocycles. The van der Waals surface area contributed by atoms with Gasteiger partial charge in [0.1, 0.15) is 6.04 Å². The Morgan fingerprint density at radius 1 is 0.963 bits per heavy atom. The molecule has 144 valence electrons. The zero-order valence-corrected chi connectivity index (χ0v) is 16.6. The summed E-state index contributed by atoms with van der Waals surface area (Å²) in [6.45, 7) is 6.48. The van der Waals surface area contributed by atoms with Crippen LogP contribution in [0.15, 0.2) is 54.6 Å². The number of amides is 1. The summed E-state index contributed by atoms with van der Waals surface area (Å²) in [5.41, 5.74) is 3.39. The zero-order chi connectivity index (χ0) is 19.9. The number of rotatable bonds is 7. The largest absolute Gasteiger partial charge is 0.467 e. The molecule has 1 amide bonds. The highest BCUT2D eigenvalue weighted by atomic mass is 16.5. The number of ether oxygens (including phenoxy) is 1. The third-order valence-corrected chi connectivity index (χ3v) is 4.56. The second kappa shape index (κ2) is 9.36. The van der Waals surface area contributed by atoms with E-state index in [0.717, 1.165) is 11.1 Å². The van der Waals surface area contributed by atoms with Gasteiger partial charge in [-0.1, -0.05) is 75.4 Å². The van der Waals surface area contributed by atoms with Crippen molar-refractivity contribution in [2.75, 3.05) is 7.11 Å². The SMILES string of the molecule is COC(=O)[C@@H](Cc1ccc(C(C)(C)C)cc1)NC(=O)CCc1ccccc1. The van der Waals surface area contributed by atoms with E-state index in [1.54, 1.807) is 0 Å². The van der Waals surface area contributed by atoms with Crippen LogP contribution in [-0.4, -0.2) is 25.0 Å². The van der Waals surface area contributed by atoms with Crippen LogP contribution in [0, 0.1) is 0 Å². The Bertz CT molecular complexity index is 745. The van der Waals surface area contributed by atoms with E-state index in [-0.39, 0.29) is 11.3 Å². The fourth-order valence-electron chi connectivity index (χ4n) is 2.88. The Balaban J connectivity index is 1.98. The van der Waals surface area contributed by atoms with Crippen LogP contribution in [0.5, 0.6) is 0 Å². The smallest absolute Gasteiger partial charge is 0.328 e. The van der Waals surface area contributed by atoms with Crippen molar-refractivity contribution in [3.63, 3.8) is 0 Å². The van der Waals surface area contributed by atoms with Crippen molar-refractivity contribution in [2.45, 2.75) is 51.5 Å². The van der Waals surface area contributed by atoms with Crippen molar-refractivity contribution in [1.29, 1.82) is 0 Å². The van der Waals surface area contributed by atoms with Crippen LogP contribution >= 0.6 is 0 Å². The van der Waals surface area contributed by atoms with Crippen molar-refractivity contribution in [3.05, 3.63) is 71.3 Å². The molecular weight excluding hydrogens is 338 g/mol. The van der Waals surface area contributed by atoms with Gasteiger partial charge in [-0.05, 0) is 28.5 Å². The van der Waals surface area contributed by atoms with Crippen LogP contribution in [0.3, 0.4) is 0 Å². The number of aryl methyl sites for hydroxylation is 1. The lowest BCUT2D eigenvalue weighted by molar-refractivity contribution is -0.145. The average molecular weight is 367 g/mol. The average Bonchev–Trinajstić information content (AvgIpc) is 2.65. The number of methoxy groups -OCH3 is 1. The number of hydrogen-bond donors (Lipinski definition) is 1. The number of nitrogens with one attached hydrogen (secondary N) is 1. The lowest BCUT2D eigenvalue weighted by Crippen LogP contribution is -2.43. The van der Waals surface area contributed by atoms with Crippen molar-refractivity contribution in [3.8, 4) is 0 Å². The highest BCUT2D eigenvalue weighted by molar-refractivity contribution is 5.84. The molecule has 4 heteroatoms. The number of carbonyl (C=O) groups excluding carboxylic acids is 2. The van der Waals surface area contributed by atoms with Gasteiger partial charge in [0.15, 0.2) is 0 Å². The van der Waals surface area contributed by atoms with E-state index in [4.69, 9.17) is 4.74 Å². The molecule has 0 bridgehead atoms. The van der Waals surface area contributed by atoms with Crippen molar-refractivity contribution < 1.29 is 14.3 Å². The summed E-state index contributed by atoms with van der Waals surface area (Å²) >= 11 is 0. The van der Waals surface area contributed by atoms with Crippen LogP contribution in [0.1, 0.15) is 43.9 Å². The lowest BCUT2D eigenvalue weighted by atomic mass is 9.86. The second-order valence-electron chi connectivity index (χ2n) is 7.78. The van der Waals surface area contributed by atoms with Crippen molar-refractivity contribution in [2.24, 2.45) is 0 Å². The van der Waals surface area contributed by atoms with Crippen LogP contribution in [0.4, 0.5) is 0 Å². The normalized spacial score (nSPS) is 12.3. The lowest BCUT2D eigenvalue weighted by Gasteiger charge is -2.20. The zero-order valence-electron chi connectivity index (χ0n) is 16.6. The Morgan fingerprint density at radius 3 is 2.15 bits per heavy atom. The van der Waals surface area contributed by atoms with E-state index < -0.39 is 12.0 Å². The molecule has 27 heavy (non-hydrogen) atoms. The summed E-state index contributed by atoms with van der Waals surface area (Å²) in [4.78, 5) is 24.4. The highest BCUT2D eigenvalue weighted by Gasteiger charge is 2.22. The summed E-state index contributed by atoms with van der Waals surface area (Å²) in [6, 6.07) is 17.3. The van der Waals surface area contributed by atoms with Gasteiger partial charge in [-0.25, -0.2) is 4.79 Å². The summed E-state index contributed by atoms with van der Waals surface area (Å²) in [5.74, 6) is -0.580. The van der Waals surface area contributed by atoms with Gasteiger partial charge in [-0.3, -0.25) is 4.79 Å². The summed E-state index contributed by atoms with van der Waals surface area (Å²) in [6.07, 6.45) is 1.38. The molecule has 0 saturated carbocycles. The predicted octanol–water partition coefficient (Wildman–Crippen LogP) is 3.82. The minimum absolute atomic E-state index is 0.0753. The van der Waals surface area contributed by atoms with Gasteiger partial charge in [0.25, 0.3) is 0 Å². The van der Waals surface area contributed by atoms with Gasteiger partial charge in [-0.15, -0.1) is 0 Å². The number of hydrogen-bond acceptors (Lipinski definition) is 3. The van der Waals surface area contributed by atoms with Gasteiger partial charge < -0.3 is 10.1 Å². The summed E-state index contributed by atoms with van der Waals surface area (Å²) < 4.78 is 4.87. The molecule has 0 spiro atoms. The summed E-state index contributed by atoms with van der Waals surface area (Å²) in [5, 5.41) is 2.82. The minimum atomic E-state index is -0.682. The van der Waals surface area contributed by atoms with Gasteiger partial charge in [0.05, 0.1) is 7.11 Å². The molecule has 0 aromatic heterocycles. The maximum Gasteiger partial charge on any atom is 0.328 e. The molecule has 1 N–H and O–H groups in total.